The normalized spacial score (nSPS) is 12.9. The summed E-state index contributed by atoms with van der Waals surface area (Å²) in [5.41, 5.74) is 8.14. The van der Waals surface area contributed by atoms with Gasteiger partial charge in [-0.25, -0.2) is 0 Å². The van der Waals surface area contributed by atoms with Crippen molar-refractivity contribution in [3.63, 3.8) is 0 Å². The number of rotatable bonds is 5. The molecular formula is C47H40IrN2OSSi-2. The van der Waals surface area contributed by atoms with Gasteiger partial charge in [0.25, 0.3) is 0 Å². The van der Waals surface area contributed by atoms with Crippen LogP contribution in [0.15, 0.2) is 138 Å². The number of para-hydroxylation sites is 1. The van der Waals surface area contributed by atoms with Crippen LogP contribution in [0.2, 0.25) is 19.6 Å². The Morgan fingerprint density at radius 1 is 0.717 bits per heavy atom. The molecule has 265 valence electrons. The van der Waals surface area contributed by atoms with E-state index in [0.29, 0.717) is 5.56 Å². The molecule has 0 atom stereocenters. The van der Waals surface area contributed by atoms with Crippen LogP contribution in [-0.2, 0) is 25.5 Å². The zero-order valence-corrected chi connectivity index (χ0v) is 34.5. The summed E-state index contributed by atoms with van der Waals surface area (Å²) < 4.78 is 31.8. The van der Waals surface area contributed by atoms with Crippen molar-refractivity contribution in [2.45, 2.75) is 45.8 Å². The second kappa shape index (κ2) is 14.6. The molecule has 0 unspecified atom stereocenters. The Hall–Kier alpha value is -4.71. The summed E-state index contributed by atoms with van der Waals surface area (Å²) in [6, 6.07) is 47.4. The minimum atomic E-state index is -2.17. The first-order valence-electron chi connectivity index (χ1n) is 19.0. The van der Waals surface area contributed by atoms with E-state index in [1.54, 1.807) is 17.4 Å². The molecule has 4 heterocycles. The van der Waals surface area contributed by atoms with Crippen LogP contribution in [0.3, 0.4) is 0 Å². The van der Waals surface area contributed by atoms with Crippen molar-refractivity contribution in [2.24, 2.45) is 0 Å². The predicted molar refractivity (Wildman–Crippen MR) is 223 cm³/mol. The number of thiophene rings is 1. The molecule has 0 aliphatic heterocycles. The van der Waals surface area contributed by atoms with E-state index in [1.807, 2.05) is 67.0 Å². The van der Waals surface area contributed by atoms with Crippen molar-refractivity contribution in [3.8, 4) is 22.5 Å². The van der Waals surface area contributed by atoms with Gasteiger partial charge in [0.15, 0.2) is 0 Å². The molecule has 9 aromatic rings. The van der Waals surface area contributed by atoms with Gasteiger partial charge in [0, 0.05) is 52.1 Å². The van der Waals surface area contributed by atoms with Gasteiger partial charge >= 0.3 is 0 Å². The molecule has 0 saturated heterocycles. The summed E-state index contributed by atoms with van der Waals surface area (Å²) in [5, 5.41) is 5.31. The zero-order valence-electron chi connectivity index (χ0n) is 33.2. The van der Waals surface area contributed by atoms with E-state index in [9.17, 15) is 0 Å². The van der Waals surface area contributed by atoms with Crippen molar-refractivity contribution in [1.82, 2.24) is 9.97 Å². The van der Waals surface area contributed by atoms with Gasteiger partial charge in [-0.1, -0.05) is 136 Å². The summed E-state index contributed by atoms with van der Waals surface area (Å²) >= 11 is 1.61. The van der Waals surface area contributed by atoms with Crippen LogP contribution in [0, 0.1) is 19.0 Å². The third-order valence-electron chi connectivity index (χ3n) is 9.90. The molecule has 0 spiro atoms. The molecule has 3 nitrogen and oxygen atoms in total. The molecule has 0 bridgehead atoms. The van der Waals surface area contributed by atoms with Crippen LogP contribution in [0.5, 0.6) is 0 Å². The van der Waals surface area contributed by atoms with Gasteiger partial charge in [0.05, 0.1) is 13.7 Å². The summed E-state index contributed by atoms with van der Waals surface area (Å²) in [7, 11) is -1.42. The Kier molecular flexibility index (Phi) is 9.07. The Balaban J connectivity index is 0.000000169. The molecule has 0 fully saturated rings. The van der Waals surface area contributed by atoms with E-state index in [1.165, 1.54) is 16.3 Å². The fourth-order valence-corrected chi connectivity index (χ4v) is 9.02. The van der Waals surface area contributed by atoms with Gasteiger partial charge in [0.2, 0.25) is 0 Å². The summed E-state index contributed by atoms with van der Waals surface area (Å²) in [6.45, 7) is 9.21. The quantitative estimate of drug-likeness (QED) is 0.128. The number of aryl methyl sites for hydroxylation is 1. The smallest absolute Gasteiger partial charge is 0.120 e. The molecule has 0 N–H and O–H groups in total. The van der Waals surface area contributed by atoms with Gasteiger partial charge in [-0.3, -0.25) is 0 Å². The summed E-state index contributed by atoms with van der Waals surface area (Å²) in [5.74, 6) is 0. The fourth-order valence-electron chi connectivity index (χ4n) is 6.75. The number of pyridine rings is 2. The third-order valence-corrected chi connectivity index (χ3v) is 13.1. The van der Waals surface area contributed by atoms with Gasteiger partial charge in [-0.15, -0.1) is 47.0 Å². The molecule has 0 aliphatic rings. The minimum absolute atomic E-state index is 0. The molecule has 6 heteroatoms. The van der Waals surface area contributed by atoms with Crippen LogP contribution in [0.1, 0.15) is 34.7 Å². The van der Waals surface area contributed by atoms with Crippen LogP contribution < -0.4 is 5.19 Å². The Bertz CT molecular complexity index is 2820. The van der Waals surface area contributed by atoms with Gasteiger partial charge in [-0.2, -0.15) is 11.3 Å². The standard InChI is InChI=1S/C26H20NO.C21H20NSSi.Ir/c1-26(2,19-8-4-3-5-9-19)20-14-15-27-23(17-20)18-12-13-25-22(16-18)21-10-6-7-11-24(21)28-25;1-14-9-11-16(18-12-10-15(13-22-18)24(2,3)4)21-20(14)17-7-5-6-8-19(17)23-21;/h3-11,13-17H,1-2H3;5-10,12-13H,1-4H3;/q2*-1;/i;1D3;. The maximum Gasteiger partial charge on any atom is 0.120 e. The molecule has 53 heavy (non-hydrogen) atoms. The number of fused-ring (bicyclic) bond motifs is 6. The molecule has 1 radical (unpaired) electrons. The average molecular weight is 904 g/mol. The number of hydrogen-bond donors (Lipinski definition) is 0. The molecule has 0 saturated carbocycles. The molecule has 0 amide bonds. The van der Waals surface area contributed by atoms with E-state index in [4.69, 9.17) is 13.5 Å². The number of aromatic nitrogens is 2. The Morgan fingerprint density at radius 2 is 1.47 bits per heavy atom. The van der Waals surface area contributed by atoms with Crippen molar-refractivity contribution < 1.29 is 28.6 Å². The SMILES string of the molecule is CC(C)(c1ccccc1)c1ccnc(-c2[c-]cc3oc4ccccc4c3c2)c1.[2H]C([2H])([2H])c1c[c-]c(-c2ccc([Si](C)(C)C)cn2)c2sc3ccccc3c12.[Ir]. The Morgan fingerprint density at radius 3 is 2.23 bits per heavy atom. The molecular weight excluding hydrogens is 861 g/mol. The van der Waals surface area contributed by atoms with Crippen molar-refractivity contribution in [3.05, 3.63) is 163 Å². The predicted octanol–water partition coefficient (Wildman–Crippen LogP) is 12.5. The van der Waals surface area contributed by atoms with Crippen LogP contribution >= 0.6 is 11.3 Å². The largest absolute Gasteiger partial charge is 0.500 e. The maximum atomic E-state index is 7.95. The van der Waals surface area contributed by atoms with E-state index in [-0.39, 0.29) is 25.5 Å². The van der Waals surface area contributed by atoms with Gasteiger partial charge in [-0.05, 0) is 56.0 Å². The van der Waals surface area contributed by atoms with E-state index in [0.717, 1.165) is 64.6 Å². The van der Waals surface area contributed by atoms with Crippen LogP contribution in [0.4, 0.5) is 0 Å². The van der Waals surface area contributed by atoms with Crippen LogP contribution in [0.25, 0.3) is 64.6 Å². The third kappa shape index (κ3) is 7.05. The van der Waals surface area contributed by atoms with Crippen molar-refractivity contribution in [2.75, 3.05) is 0 Å². The second-order valence-electron chi connectivity index (χ2n) is 14.7. The number of hydrogen-bond acceptors (Lipinski definition) is 4. The second-order valence-corrected chi connectivity index (χ2v) is 20.8. The first-order chi connectivity index (χ1) is 26.3. The molecule has 9 rings (SSSR count). The number of benzene rings is 5. The fraction of sp³-hybridized carbons (Fsp3) is 0.149. The first-order valence-corrected chi connectivity index (χ1v) is 21.8. The Labute approximate surface area is 334 Å². The topological polar surface area (TPSA) is 38.9 Å². The molecule has 4 aromatic heterocycles. The minimum Gasteiger partial charge on any atom is -0.500 e. The van der Waals surface area contributed by atoms with Crippen molar-refractivity contribution >= 4 is 66.7 Å². The maximum absolute atomic E-state index is 7.95. The van der Waals surface area contributed by atoms with Crippen molar-refractivity contribution in [1.29, 1.82) is 0 Å². The van der Waals surface area contributed by atoms with E-state index in [2.05, 4.69) is 111 Å². The molecule has 0 aliphatic carbocycles. The number of nitrogens with zero attached hydrogens (tertiary/aromatic N) is 2. The summed E-state index contributed by atoms with van der Waals surface area (Å²) in [4.78, 5) is 9.32. The van der Waals surface area contributed by atoms with Gasteiger partial charge in [0.1, 0.15) is 5.58 Å². The first kappa shape index (κ1) is 32.9. The molecule has 5 aromatic carbocycles. The van der Waals surface area contributed by atoms with Gasteiger partial charge < -0.3 is 14.4 Å². The van der Waals surface area contributed by atoms with E-state index >= 15 is 0 Å². The monoisotopic (exact) mass is 904 g/mol. The van der Waals surface area contributed by atoms with Crippen LogP contribution in [-0.4, -0.2) is 18.0 Å². The zero-order chi connectivity index (χ0) is 38.5. The summed E-state index contributed by atoms with van der Waals surface area (Å²) in [6.07, 6.45) is 3.85. The van der Waals surface area contributed by atoms with E-state index < -0.39 is 14.9 Å². The number of furan rings is 1. The average Bonchev–Trinajstić information content (AvgIpc) is 3.76.